The summed E-state index contributed by atoms with van der Waals surface area (Å²) in [5.74, 6) is 0.506. The monoisotopic (exact) mass is 462 g/mol. The van der Waals surface area contributed by atoms with Gasteiger partial charge in [-0.15, -0.1) is 0 Å². The SMILES string of the molecule is Cc1ccccc1S(=O)(=O)CCc1noc(-c2nn(CCn3ccnc3)c3ccccc23)n1. The van der Waals surface area contributed by atoms with E-state index in [-0.39, 0.29) is 18.1 Å². The Labute approximate surface area is 190 Å². The summed E-state index contributed by atoms with van der Waals surface area (Å²) in [5, 5.41) is 9.61. The molecule has 0 unspecified atom stereocenters. The van der Waals surface area contributed by atoms with Crippen LogP contribution in [0.2, 0.25) is 0 Å². The second-order valence-corrected chi connectivity index (χ2v) is 9.82. The van der Waals surface area contributed by atoms with Crippen molar-refractivity contribution in [3.8, 4) is 11.6 Å². The molecule has 3 heterocycles. The van der Waals surface area contributed by atoms with Gasteiger partial charge in [-0.2, -0.15) is 10.1 Å². The van der Waals surface area contributed by atoms with E-state index in [1.165, 1.54) is 0 Å². The van der Waals surface area contributed by atoms with Crippen molar-refractivity contribution in [3.05, 3.63) is 78.6 Å². The smallest absolute Gasteiger partial charge is 0.279 e. The first-order valence-electron chi connectivity index (χ1n) is 10.5. The number of hydrogen-bond donors (Lipinski definition) is 0. The van der Waals surface area contributed by atoms with E-state index in [1.54, 1.807) is 37.6 Å². The minimum Gasteiger partial charge on any atom is -0.336 e. The van der Waals surface area contributed by atoms with Crippen molar-refractivity contribution in [2.75, 3.05) is 5.75 Å². The molecule has 168 valence electrons. The van der Waals surface area contributed by atoms with Crippen molar-refractivity contribution in [1.29, 1.82) is 0 Å². The summed E-state index contributed by atoms with van der Waals surface area (Å²) in [6, 6.07) is 14.8. The third-order valence-corrected chi connectivity index (χ3v) is 7.35. The Morgan fingerprint density at radius 2 is 1.85 bits per heavy atom. The number of fused-ring (bicyclic) bond motifs is 1. The molecular weight excluding hydrogens is 440 g/mol. The lowest BCUT2D eigenvalue weighted by atomic mass is 10.2. The molecule has 0 saturated carbocycles. The van der Waals surface area contributed by atoms with E-state index in [4.69, 9.17) is 9.62 Å². The molecular formula is C23H22N6O3S. The van der Waals surface area contributed by atoms with Crippen LogP contribution in [0, 0.1) is 6.92 Å². The quantitative estimate of drug-likeness (QED) is 0.348. The molecule has 0 fully saturated rings. The summed E-state index contributed by atoms with van der Waals surface area (Å²) in [4.78, 5) is 8.84. The Hall–Kier alpha value is -3.79. The molecule has 0 aliphatic rings. The average Bonchev–Trinajstić information content (AvgIpc) is 3.56. The summed E-state index contributed by atoms with van der Waals surface area (Å²) in [5.41, 5.74) is 2.25. The van der Waals surface area contributed by atoms with Crippen LogP contribution in [0.3, 0.4) is 0 Å². The van der Waals surface area contributed by atoms with Gasteiger partial charge >= 0.3 is 0 Å². The Morgan fingerprint density at radius 1 is 1.03 bits per heavy atom. The van der Waals surface area contributed by atoms with Crippen molar-refractivity contribution in [2.45, 2.75) is 31.3 Å². The average molecular weight is 463 g/mol. The van der Waals surface area contributed by atoms with Crippen LogP contribution in [0.4, 0.5) is 0 Å². The lowest BCUT2D eigenvalue weighted by molar-refractivity contribution is 0.421. The second kappa shape index (κ2) is 8.62. The molecule has 10 heteroatoms. The minimum absolute atomic E-state index is 0.100. The van der Waals surface area contributed by atoms with Crippen LogP contribution in [0.25, 0.3) is 22.5 Å². The molecule has 0 N–H and O–H groups in total. The van der Waals surface area contributed by atoms with Gasteiger partial charge in [0, 0.05) is 30.7 Å². The molecule has 0 aliphatic carbocycles. The summed E-state index contributed by atoms with van der Waals surface area (Å²) in [6.07, 6.45) is 5.56. The molecule has 3 aromatic heterocycles. The number of aromatic nitrogens is 6. The maximum atomic E-state index is 12.7. The van der Waals surface area contributed by atoms with E-state index in [9.17, 15) is 8.42 Å². The predicted octanol–water partition coefficient (Wildman–Crippen LogP) is 3.31. The van der Waals surface area contributed by atoms with Crippen LogP contribution in [-0.2, 0) is 29.3 Å². The van der Waals surface area contributed by atoms with Crippen LogP contribution < -0.4 is 0 Å². The Kier molecular flexibility index (Phi) is 5.51. The number of sulfone groups is 1. The first kappa shape index (κ1) is 21.1. The highest BCUT2D eigenvalue weighted by Gasteiger charge is 2.21. The molecule has 33 heavy (non-hydrogen) atoms. The third kappa shape index (κ3) is 4.29. The van der Waals surface area contributed by atoms with Gasteiger partial charge in [0.25, 0.3) is 5.89 Å². The number of hydrogen-bond acceptors (Lipinski definition) is 7. The molecule has 2 aromatic carbocycles. The fraction of sp³-hybridized carbons (Fsp3) is 0.217. The van der Waals surface area contributed by atoms with Crippen molar-refractivity contribution in [3.63, 3.8) is 0 Å². The van der Waals surface area contributed by atoms with E-state index in [0.717, 1.165) is 23.0 Å². The molecule has 0 saturated heterocycles. The number of imidazole rings is 1. The molecule has 0 aliphatic heterocycles. The number of aryl methyl sites for hydroxylation is 4. The van der Waals surface area contributed by atoms with Crippen molar-refractivity contribution in [2.24, 2.45) is 0 Å². The lowest BCUT2D eigenvalue weighted by Crippen LogP contribution is -2.11. The van der Waals surface area contributed by atoms with Gasteiger partial charge in [0.15, 0.2) is 21.4 Å². The zero-order valence-corrected chi connectivity index (χ0v) is 18.8. The highest BCUT2D eigenvalue weighted by molar-refractivity contribution is 7.91. The van der Waals surface area contributed by atoms with Crippen LogP contribution >= 0.6 is 0 Å². The third-order valence-electron chi connectivity index (χ3n) is 5.48. The molecule has 5 aromatic rings. The van der Waals surface area contributed by atoms with E-state index in [2.05, 4.69) is 15.1 Å². The van der Waals surface area contributed by atoms with Gasteiger partial charge in [0.05, 0.1) is 29.0 Å². The fourth-order valence-corrected chi connectivity index (χ4v) is 5.29. The topological polar surface area (TPSA) is 109 Å². The zero-order chi connectivity index (χ0) is 22.8. The van der Waals surface area contributed by atoms with E-state index < -0.39 is 9.84 Å². The second-order valence-electron chi connectivity index (χ2n) is 7.74. The number of benzene rings is 2. The zero-order valence-electron chi connectivity index (χ0n) is 18.0. The molecule has 0 amide bonds. The van der Waals surface area contributed by atoms with Crippen LogP contribution in [-0.4, -0.2) is 43.6 Å². The van der Waals surface area contributed by atoms with Gasteiger partial charge < -0.3 is 9.09 Å². The van der Waals surface area contributed by atoms with Gasteiger partial charge in [0.2, 0.25) is 0 Å². The van der Waals surface area contributed by atoms with Gasteiger partial charge in [-0.3, -0.25) is 4.68 Å². The van der Waals surface area contributed by atoms with Gasteiger partial charge in [-0.05, 0) is 24.6 Å². The van der Waals surface area contributed by atoms with Gasteiger partial charge in [-0.25, -0.2) is 13.4 Å². The number of rotatable bonds is 8. The summed E-state index contributed by atoms with van der Waals surface area (Å²) >= 11 is 0. The first-order chi connectivity index (χ1) is 16.0. The normalized spacial score (nSPS) is 11.9. The van der Waals surface area contributed by atoms with Crippen molar-refractivity contribution in [1.82, 2.24) is 29.5 Å². The van der Waals surface area contributed by atoms with Crippen molar-refractivity contribution < 1.29 is 12.9 Å². The van der Waals surface area contributed by atoms with E-state index in [1.807, 2.05) is 45.8 Å². The Balaban J connectivity index is 1.37. The van der Waals surface area contributed by atoms with E-state index in [0.29, 0.717) is 23.0 Å². The number of para-hydroxylation sites is 1. The lowest BCUT2D eigenvalue weighted by Gasteiger charge is -2.05. The number of nitrogens with zero attached hydrogens (tertiary/aromatic N) is 6. The highest BCUT2D eigenvalue weighted by atomic mass is 32.2. The molecule has 5 rings (SSSR count). The van der Waals surface area contributed by atoms with E-state index >= 15 is 0 Å². The largest absolute Gasteiger partial charge is 0.336 e. The molecule has 0 radical (unpaired) electrons. The van der Waals surface area contributed by atoms with Crippen molar-refractivity contribution >= 4 is 20.7 Å². The summed E-state index contributed by atoms with van der Waals surface area (Å²) in [7, 11) is -3.45. The molecule has 0 atom stereocenters. The molecule has 0 bridgehead atoms. The predicted molar refractivity (Wildman–Crippen MR) is 122 cm³/mol. The minimum atomic E-state index is -3.45. The maximum Gasteiger partial charge on any atom is 0.279 e. The molecule has 9 nitrogen and oxygen atoms in total. The van der Waals surface area contributed by atoms with Crippen LogP contribution in [0.15, 0.2) is 76.7 Å². The maximum absolute atomic E-state index is 12.7. The van der Waals surface area contributed by atoms with Gasteiger partial charge in [-0.1, -0.05) is 41.6 Å². The summed E-state index contributed by atoms with van der Waals surface area (Å²) in [6.45, 7) is 3.15. The van der Waals surface area contributed by atoms with Crippen LogP contribution in [0.1, 0.15) is 11.4 Å². The summed E-state index contributed by atoms with van der Waals surface area (Å²) < 4.78 is 34.8. The molecule has 0 spiro atoms. The highest BCUT2D eigenvalue weighted by Crippen LogP contribution is 2.27. The van der Waals surface area contributed by atoms with Gasteiger partial charge in [0.1, 0.15) is 0 Å². The van der Waals surface area contributed by atoms with Crippen LogP contribution in [0.5, 0.6) is 0 Å². The fourth-order valence-electron chi connectivity index (χ4n) is 3.78. The Bertz CT molecular complexity index is 1500. The Morgan fingerprint density at radius 3 is 2.67 bits per heavy atom. The first-order valence-corrected chi connectivity index (χ1v) is 12.2. The standard InChI is InChI=1S/C23H22N6O3S/c1-17-6-2-5-9-20(17)33(30,31)15-10-21-25-23(32-27-21)22-18-7-3-4-8-19(18)29(26-22)14-13-28-12-11-24-16-28/h2-9,11-12,16H,10,13-15H2,1H3.